The number of nitriles is 1. The van der Waals surface area contributed by atoms with Gasteiger partial charge in [-0.2, -0.15) is 5.26 Å². The molecule has 28 heavy (non-hydrogen) atoms. The first-order valence-electron chi connectivity index (χ1n) is 9.04. The number of carbonyl (C=O) groups is 1. The van der Waals surface area contributed by atoms with Gasteiger partial charge in [-0.3, -0.25) is 4.79 Å². The summed E-state index contributed by atoms with van der Waals surface area (Å²) in [6, 6.07) is 7.86. The van der Waals surface area contributed by atoms with Crippen LogP contribution in [0, 0.1) is 11.3 Å². The third-order valence-corrected chi connectivity index (χ3v) is 5.02. The van der Waals surface area contributed by atoms with Gasteiger partial charge in [0.1, 0.15) is 6.07 Å². The zero-order valence-corrected chi connectivity index (χ0v) is 15.7. The topological polar surface area (TPSA) is 107 Å². The highest BCUT2D eigenvalue weighted by Gasteiger charge is 2.25. The number of likely N-dealkylation sites (tertiary alicyclic amines) is 1. The Balaban J connectivity index is 1.63. The van der Waals surface area contributed by atoms with Crippen LogP contribution in [-0.2, 0) is 4.79 Å². The molecule has 1 aliphatic rings. The van der Waals surface area contributed by atoms with Gasteiger partial charge in [0.05, 0.1) is 30.1 Å². The molecular weight excluding hydrogens is 356 g/mol. The lowest BCUT2D eigenvalue weighted by atomic mass is 10.1. The molecule has 4 rings (SSSR count). The number of aromatic amines is 1. The standard InChI is InChI=1S/C20H20N6O2/c1-12(27)26-7-6-14(11-26)24-19-20(28-2)25-17(10-23-19)16-9-22-18-13(8-21)4-3-5-15(16)18/h3-5,9-10,14,22H,6-7,11H2,1-2H3,(H,23,24)/t14-/m0/s1. The van der Waals surface area contributed by atoms with Gasteiger partial charge in [-0.05, 0) is 12.5 Å². The molecule has 3 heterocycles. The second-order valence-corrected chi connectivity index (χ2v) is 6.75. The molecule has 8 heteroatoms. The molecule has 1 atom stereocenters. The summed E-state index contributed by atoms with van der Waals surface area (Å²) in [6.07, 6.45) is 4.36. The highest BCUT2D eigenvalue weighted by Crippen LogP contribution is 2.31. The molecule has 0 saturated carbocycles. The van der Waals surface area contributed by atoms with Crippen molar-refractivity contribution in [3.05, 3.63) is 36.2 Å². The summed E-state index contributed by atoms with van der Waals surface area (Å²) in [7, 11) is 1.55. The van der Waals surface area contributed by atoms with Crippen molar-refractivity contribution in [1.82, 2.24) is 19.9 Å². The molecule has 0 aliphatic carbocycles. The van der Waals surface area contributed by atoms with Crippen LogP contribution in [0.25, 0.3) is 22.2 Å². The molecule has 1 amide bonds. The van der Waals surface area contributed by atoms with Gasteiger partial charge in [0.25, 0.3) is 5.88 Å². The Morgan fingerprint density at radius 2 is 2.32 bits per heavy atom. The monoisotopic (exact) mass is 376 g/mol. The highest BCUT2D eigenvalue weighted by molar-refractivity contribution is 5.97. The first-order chi connectivity index (χ1) is 13.6. The van der Waals surface area contributed by atoms with Crippen LogP contribution in [0.3, 0.4) is 0 Å². The highest BCUT2D eigenvalue weighted by atomic mass is 16.5. The van der Waals surface area contributed by atoms with E-state index in [2.05, 4.69) is 26.3 Å². The molecule has 8 nitrogen and oxygen atoms in total. The Morgan fingerprint density at radius 3 is 3.04 bits per heavy atom. The molecule has 1 aliphatic heterocycles. The molecule has 0 bridgehead atoms. The Hall–Kier alpha value is -3.60. The number of anilines is 1. The Labute approximate surface area is 162 Å². The first kappa shape index (κ1) is 17.8. The lowest BCUT2D eigenvalue weighted by Gasteiger charge is -2.17. The Morgan fingerprint density at radius 1 is 1.46 bits per heavy atom. The van der Waals surface area contributed by atoms with Crippen LogP contribution in [0.1, 0.15) is 18.9 Å². The number of hydrogen-bond acceptors (Lipinski definition) is 6. The van der Waals surface area contributed by atoms with E-state index in [4.69, 9.17) is 4.74 Å². The molecule has 1 fully saturated rings. The van der Waals surface area contributed by atoms with Gasteiger partial charge in [-0.15, -0.1) is 0 Å². The van der Waals surface area contributed by atoms with E-state index in [0.29, 0.717) is 29.5 Å². The number of nitrogens with zero attached hydrogens (tertiary/aromatic N) is 4. The Bertz CT molecular complexity index is 1080. The van der Waals surface area contributed by atoms with E-state index in [1.165, 1.54) is 0 Å². The maximum absolute atomic E-state index is 11.5. The van der Waals surface area contributed by atoms with Crippen LogP contribution in [0.4, 0.5) is 5.82 Å². The van der Waals surface area contributed by atoms with Crippen molar-refractivity contribution in [3.63, 3.8) is 0 Å². The minimum atomic E-state index is 0.0776. The summed E-state index contributed by atoms with van der Waals surface area (Å²) < 4.78 is 5.45. The predicted octanol–water partition coefficient (Wildman–Crippen LogP) is 2.54. The predicted molar refractivity (Wildman–Crippen MR) is 105 cm³/mol. The van der Waals surface area contributed by atoms with Gasteiger partial charge < -0.3 is 19.9 Å². The average molecular weight is 376 g/mol. The van der Waals surface area contributed by atoms with Crippen LogP contribution in [0.5, 0.6) is 5.88 Å². The van der Waals surface area contributed by atoms with Crippen molar-refractivity contribution < 1.29 is 9.53 Å². The van der Waals surface area contributed by atoms with Crippen LogP contribution in [0.15, 0.2) is 30.6 Å². The zero-order chi connectivity index (χ0) is 19.7. The molecule has 0 radical (unpaired) electrons. The van der Waals surface area contributed by atoms with Gasteiger partial charge in [0.2, 0.25) is 5.91 Å². The molecule has 3 aromatic rings. The Kier molecular flexibility index (Phi) is 4.57. The van der Waals surface area contributed by atoms with E-state index >= 15 is 0 Å². The third kappa shape index (κ3) is 3.11. The molecular formula is C20H20N6O2. The van der Waals surface area contributed by atoms with Gasteiger partial charge >= 0.3 is 0 Å². The maximum Gasteiger partial charge on any atom is 0.257 e. The minimum Gasteiger partial charge on any atom is -0.478 e. The van der Waals surface area contributed by atoms with E-state index < -0.39 is 0 Å². The van der Waals surface area contributed by atoms with Crippen LogP contribution in [0.2, 0.25) is 0 Å². The van der Waals surface area contributed by atoms with Crippen LogP contribution < -0.4 is 10.1 Å². The number of rotatable bonds is 4. The van der Waals surface area contributed by atoms with Crippen molar-refractivity contribution in [2.75, 3.05) is 25.5 Å². The minimum absolute atomic E-state index is 0.0776. The molecule has 1 aromatic carbocycles. The fourth-order valence-corrected chi connectivity index (χ4v) is 3.56. The summed E-state index contributed by atoms with van der Waals surface area (Å²) in [5.41, 5.74) is 2.87. The largest absolute Gasteiger partial charge is 0.478 e. The molecule has 0 spiro atoms. The smallest absolute Gasteiger partial charge is 0.257 e. The summed E-state index contributed by atoms with van der Waals surface area (Å²) in [6.45, 7) is 2.95. The van der Waals surface area contributed by atoms with Gasteiger partial charge in [-0.25, -0.2) is 9.97 Å². The van der Waals surface area contributed by atoms with Crippen LogP contribution in [-0.4, -0.2) is 52.0 Å². The second kappa shape index (κ2) is 7.19. The molecule has 2 aromatic heterocycles. The lowest BCUT2D eigenvalue weighted by Crippen LogP contribution is -2.29. The molecule has 0 unspecified atom stereocenters. The third-order valence-electron chi connectivity index (χ3n) is 5.02. The summed E-state index contributed by atoms with van der Waals surface area (Å²) >= 11 is 0. The zero-order valence-electron chi connectivity index (χ0n) is 15.7. The number of nitrogens with one attached hydrogen (secondary N) is 2. The maximum atomic E-state index is 11.5. The number of hydrogen-bond donors (Lipinski definition) is 2. The molecule has 142 valence electrons. The molecule has 2 N–H and O–H groups in total. The number of carbonyl (C=O) groups excluding carboxylic acids is 1. The molecule has 1 saturated heterocycles. The van der Waals surface area contributed by atoms with Gasteiger partial charge in [-0.1, -0.05) is 12.1 Å². The average Bonchev–Trinajstić information content (AvgIpc) is 3.35. The summed E-state index contributed by atoms with van der Waals surface area (Å²) in [5.74, 6) is 1.03. The fraction of sp³-hybridized carbons (Fsp3) is 0.300. The number of amides is 1. The number of H-pyrrole nitrogens is 1. The quantitative estimate of drug-likeness (QED) is 0.725. The summed E-state index contributed by atoms with van der Waals surface area (Å²) in [4.78, 5) is 25.6. The van der Waals surface area contributed by atoms with Gasteiger partial charge in [0, 0.05) is 43.2 Å². The number of benzene rings is 1. The van der Waals surface area contributed by atoms with E-state index in [9.17, 15) is 10.1 Å². The van der Waals surface area contributed by atoms with E-state index in [0.717, 1.165) is 29.4 Å². The fourth-order valence-electron chi connectivity index (χ4n) is 3.56. The number of methoxy groups -OCH3 is 1. The van der Waals surface area contributed by atoms with Gasteiger partial charge in [0.15, 0.2) is 5.82 Å². The van der Waals surface area contributed by atoms with Crippen molar-refractivity contribution in [1.29, 1.82) is 5.26 Å². The van der Waals surface area contributed by atoms with Crippen molar-refractivity contribution >= 4 is 22.6 Å². The lowest BCUT2D eigenvalue weighted by molar-refractivity contribution is -0.127. The first-order valence-corrected chi connectivity index (χ1v) is 9.04. The van der Waals surface area contributed by atoms with E-state index in [1.54, 1.807) is 26.3 Å². The van der Waals surface area contributed by atoms with E-state index in [-0.39, 0.29) is 11.9 Å². The van der Waals surface area contributed by atoms with Crippen LogP contribution >= 0.6 is 0 Å². The van der Waals surface area contributed by atoms with Crippen molar-refractivity contribution in [3.8, 4) is 23.2 Å². The van der Waals surface area contributed by atoms with E-state index in [1.807, 2.05) is 23.2 Å². The normalized spacial score (nSPS) is 16.2. The second-order valence-electron chi connectivity index (χ2n) is 6.75. The SMILES string of the molecule is COc1nc(-c2c[nH]c3c(C#N)cccc23)cnc1N[C@H]1CCN(C(C)=O)C1. The number of aromatic nitrogens is 3. The van der Waals surface area contributed by atoms with Crippen molar-refractivity contribution in [2.45, 2.75) is 19.4 Å². The van der Waals surface area contributed by atoms with Crippen molar-refractivity contribution in [2.24, 2.45) is 0 Å². The number of ether oxygens (including phenoxy) is 1. The summed E-state index contributed by atoms with van der Waals surface area (Å²) in [5, 5.41) is 13.5. The number of para-hydroxylation sites is 1. The number of fused-ring (bicyclic) bond motifs is 1.